The maximum atomic E-state index is 12.7. The number of hydrogen-bond donors (Lipinski definition) is 1. The molecule has 39 heavy (non-hydrogen) atoms. The number of benzene rings is 4. The largest absolute Gasteiger partial charge is 0.490 e. The van der Waals surface area contributed by atoms with Crippen LogP contribution in [0.15, 0.2) is 103 Å². The Bertz CT molecular complexity index is 1500. The predicted molar refractivity (Wildman–Crippen MR) is 153 cm³/mol. The van der Waals surface area contributed by atoms with E-state index in [9.17, 15) is 10.1 Å². The van der Waals surface area contributed by atoms with E-state index < -0.39 is 5.91 Å². The fourth-order valence-corrected chi connectivity index (χ4v) is 3.90. The van der Waals surface area contributed by atoms with E-state index in [2.05, 4.69) is 5.32 Å². The van der Waals surface area contributed by atoms with Crippen molar-refractivity contribution >= 4 is 29.3 Å². The minimum Gasteiger partial charge on any atom is -0.490 e. The number of para-hydroxylation sites is 2. The Kier molecular flexibility index (Phi) is 9.60. The molecular formula is C32H27ClN2O4. The number of halogens is 1. The van der Waals surface area contributed by atoms with Crippen molar-refractivity contribution in [3.05, 3.63) is 124 Å². The molecule has 0 bridgehead atoms. The van der Waals surface area contributed by atoms with Crippen LogP contribution in [0.2, 0.25) is 5.02 Å². The van der Waals surface area contributed by atoms with Crippen LogP contribution in [0.1, 0.15) is 23.6 Å². The van der Waals surface area contributed by atoms with Crippen LogP contribution in [0, 0.1) is 11.3 Å². The Morgan fingerprint density at radius 2 is 1.51 bits per heavy atom. The second kappa shape index (κ2) is 13.7. The lowest BCUT2D eigenvalue weighted by Crippen LogP contribution is -2.13. The van der Waals surface area contributed by atoms with Gasteiger partial charge in [0.25, 0.3) is 5.91 Å². The fraction of sp³-hybridized carbons (Fsp3) is 0.125. The maximum absolute atomic E-state index is 12.7. The summed E-state index contributed by atoms with van der Waals surface area (Å²) in [6, 6.07) is 31.6. The number of nitriles is 1. The molecule has 1 amide bonds. The molecule has 0 spiro atoms. The van der Waals surface area contributed by atoms with Crippen molar-refractivity contribution < 1.29 is 19.0 Å². The lowest BCUT2D eigenvalue weighted by molar-refractivity contribution is -0.112. The molecule has 6 nitrogen and oxygen atoms in total. The summed E-state index contributed by atoms with van der Waals surface area (Å²) in [7, 11) is 0. The molecule has 0 heterocycles. The van der Waals surface area contributed by atoms with E-state index in [0.29, 0.717) is 46.7 Å². The number of carbonyl (C=O) groups is 1. The van der Waals surface area contributed by atoms with Crippen molar-refractivity contribution in [1.82, 2.24) is 0 Å². The van der Waals surface area contributed by atoms with Gasteiger partial charge in [-0.2, -0.15) is 5.26 Å². The van der Waals surface area contributed by atoms with Crippen molar-refractivity contribution in [3.8, 4) is 23.3 Å². The third kappa shape index (κ3) is 7.64. The van der Waals surface area contributed by atoms with Crippen molar-refractivity contribution in [1.29, 1.82) is 5.26 Å². The molecule has 4 aromatic rings. The number of nitrogens with one attached hydrogen (secondary N) is 1. The van der Waals surface area contributed by atoms with Crippen LogP contribution in [0.4, 0.5) is 5.69 Å². The summed E-state index contributed by atoms with van der Waals surface area (Å²) in [5.74, 6) is 1.24. The van der Waals surface area contributed by atoms with Gasteiger partial charge in [0.05, 0.1) is 17.3 Å². The normalized spacial score (nSPS) is 10.8. The first-order valence-corrected chi connectivity index (χ1v) is 12.8. The van der Waals surface area contributed by atoms with Gasteiger partial charge >= 0.3 is 0 Å². The molecule has 4 rings (SSSR count). The van der Waals surface area contributed by atoms with Crippen LogP contribution in [-0.4, -0.2) is 12.5 Å². The Hall–Kier alpha value is -4.73. The molecule has 0 aliphatic rings. The van der Waals surface area contributed by atoms with Gasteiger partial charge in [-0.3, -0.25) is 4.79 Å². The zero-order valence-electron chi connectivity index (χ0n) is 21.4. The molecule has 0 atom stereocenters. The number of hydrogen-bond acceptors (Lipinski definition) is 5. The second-order valence-corrected chi connectivity index (χ2v) is 8.83. The monoisotopic (exact) mass is 538 g/mol. The highest BCUT2D eigenvalue weighted by Crippen LogP contribution is 2.30. The quantitative estimate of drug-likeness (QED) is 0.158. The smallest absolute Gasteiger partial charge is 0.266 e. The lowest BCUT2D eigenvalue weighted by Gasteiger charge is -2.15. The molecule has 7 heteroatoms. The second-order valence-electron chi connectivity index (χ2n) is 8.42. The molecule has 0 unspecified atom stereocenters. The number of rotatable bonds is 11. The highest BCUT2D eigenvalue weighted by atomic mass is 35.5. The molecule has 0 aliphatic heterocycles. The molecule has 0 fully saturated rings. The van der Waals surface area contributed by atoms with Gasteiger partial charge in [-0.25, -0.2) is 0 Å². The average molecular weight is 539 g/mol. The van der Waals surface area contributed by atoms with Crippen LogP contribution in [0.3, 0.4) is 0 Å². The molecule has 0 aliphatic carbocycles. The maximum Gasteiger partial charge on any atom is 0.266 e. The van der Waals surface area contributed by atoms with Gasteiger partial charge in [0, 0.05) is 5.56 Å². The molecule has 0 radical (unpaired) electrons. The summed E-state index contributed by atoms with van der Waals surface area (Å²) in [5, 5.41) is 12.7. The topological polar surface area (TPSA) is 80.6 Å². The first-order valence-electron chi connectivity index (χ1n) is 12.4. The predicted octanol–water partition coefficient (Wildman–Crippen LogP) is 7.44. The average Bonchev–Trinajstić information content (AvgIpc) is 2.96. The van der Waals surface area contributed by atoms with Gasteiger partial charge in [-0.05, 0) is 54.5 Å². The first-order chi connectivity index (χ1) is 19.1. The Morgan fingerprint density at radius 3 is 2.28 bits per heavy atom. The summed E-state index contributed by atoms with van der Waals surface area (Å²) in [6.07, 6.45) is 1.49. The van der Waals surface area contributed by atoms with Crippen molar-refractivity contribution in [2.24, 2.45) is 0 Å². The minimum atomic E-state index is -0.562. The van der Waals surface area contributed by atoms with Gasteiger partial charge in [0.1, 0.15) is 30.6 Å². The van der Waals surface area contributed by atoms with Gasteiger partial charge < -0.3 is 19.5 Å². The van der Waals surface area contributed by atoms with Gasteiger partial charge in [-0.1, -0.05) is 78.3 Å². The number of amides is 1. The van der Waals surface area contributed by atoms with E-state index >= 15 is 0 Å². The highest BCUT2D eigenvalue weighted by Gasteiger charge is 2.13. The van der Waals surface area contributed by atoms with E-state index in [-0.39, 0.29) is 12.2 Å². The molecule has 196 valence electrons. The van der Waals surface area contributed by atoms with Crippen LogP contribution >= 0.6 is 11.6 Å². The number of carbonyl (C=O) groups excluding carboxylic acids is 1. The van der Waals surface area contributed by atoms with E-state index in [1.807, 2.05) is 73.7 Å². The molecule has 0 saturated heterocycles. The van der Waals surface area contributed by atoms with Crippen LogP contribution in [-0.2, 0) is 18.0 Å². The number of anilines is 1. The van der Waals surface area contributed by atoms with E-state index in [4.69, 9.17) is 25.8 Å². The third-order valence-electron chi connectivity index (χ3n) is 5.65. The van der Waals surface area contributed by atoms with E-state index in [1.165, 1.54) is 6.08 Å². The molecule has 0 saturated carbocycles. The molecule has 1 N–H and O–H groups in total. The fourth-order valence-electron chi connectivity index (χ4n) is 3.71. The summed E-state index contributed by atoms with van der Waals surface area (Å²) in [5.41, 5.74) is 2.88. The SMILES string of the molecule is CCOc1cc(COc2ccccc2/C=C(\C#N)C(=O)Nc2ccccc2Cl)ccc1OCc1ccccc1. The number of ether oxygens (including phenoxy) is 3. The summed E-state index contributed by atoms with van der Waals surface area (Å²) in [4.78, 5) is 12.7. The molecule has 4 aromatic carbocycles. The van der Waals surface area contributed by atoms with Crippen molar-refractivity contribution in [2.75, 3.05) is 11.9 Å². The Labute approximate surface area is 233 Å². The van der Waals surface area contributed by atoms with E-state index in [0.717, 1.165) is 11.1 Å². The Morgan fingerprint density at radius 1 is 0.821 bits per heavy atom. The van der Waals surface area contributed by atoms with Gasteiger partial charge in [0.15, 0.2) is 11.5 Å². The van der Waals surface area contributed by atoms with Crippen LogP contribution in [0.5, 0.6) is 17.2 Å². The minimum absolute atomic E-state index is 0.0791. The number of nitrogens with zero attached hydrogens (tertiary/aromatic N) is 1. The zero-order valence-corrected chi connectivity index (χ0v) is 22.2. The third-order valence-corrected chi connectivity index (χ3v) is 5.98. The summed E-state index contributed by atoms with van der Waals surface area (Å²) in [6.45, 7) is 3.09. The summed E-state index contributed by atoms with van der Waals surface area (Å²) >= 11 is 6.13. The van der Waals surface area contributed by atoms with Crippen molar-refractivity contribution in [2.45, 2.75) is 20.1 Å². The van der Waals surface area contributed by atoms with Crippen LogP contribution in [0.25, 0.3) is 6.08 Å². The van der Waals surface area contributed by atoms with Crippen LogP contribution < -0.4 is 19.5 Å². The lowest BCUT2D eigenvalue weighted by atomic mass is 10.1. The first kappa shape index (κ1) is 27.3. The molecule has 0 aromatic heterocycles. The zero-order chi connectivity index (χ0) is 27.5. The molecular weight excluding hydrogens is 512 g/mol. The highest BCUT2D eigenvalue weighted by molar-refractivity contribution is 6.34. The van der Waals surface area contributed by atoms with Gasteiger partial charge in [-0.15, -0.1) is 0 Å². The van der Waals surface area contributed by atoms with E-state index in [1.54, 1.807) is 36.4 Å². The van der Waals surface area contributed by atoms with Crippen molar-refractivity contribution in [3.63, 3.8) is 0 Å². The van der Waals surface area contributed by atoms with Gasteiger partial charge in [0.2, 0.25) is 0 Å². The summed E-state index contributed by atoms with van der Waals surface area (Å²) < 4.78 is 17.9. The standard InChI is InChI=1S/C32H27ClN2O4/c1-2-37-31-18-24(16-17-30(31)39-21-23-10-4-3-5-11-23)22-38-29-15-9-6-12-25(29)19-26(20-34)32(36)35-28-14-8-7-13-27(28)33/h3-19H,2,21-22H2,1H3,(H,35,36)/b26-19+. The Balaban J connectivity index is 1.47.